The molecule has 50 heavy (non-hydrogen) atoms. The second-order valence-electron chi connectivity index (χ2n) is 15.2. The average molecular weight is 707 g/mol. The smallest absolute Gasteiger partial charge is 0.305 e. The van der Waals surface area contributed by atoms with Gasteiger partial charge in [0, 0.05) is 12.8 Å². The topological polar surface area (TPSA) is 72.8 Å². The summed E-state index contributed by atoms with van der Waals surface area (Å²) >= 11 is 0. The molecule has 0 saturated carbocycles. The number of rotatable bonds is 41. The first-order valence-corrected chi connectivity index (χ1v) is 22.2. The summed E-state index contributed by atoms with van der Waals surface area (Å²) in [6.07, 6.45) is 48.5. The van der Waals surface area contributed by atoms with Crippen molar-refractivity contribution in [2.45, 2.75) is 251 Å². The fourth-order valence-corrected chi connectivity index (χ4v) is 6.61. The van der Waals surface area contributed by atoms with Gasteiger partial charge in [0.15, 0.2) is 0 Å². The highest BCUT2D eigenvalue weighted by Gasteiger charge is 2.12. The summed E-state index contributed by atoms with van der Waals surface area (Å²) in [5, 5.41) is 10.0. The number of unbranched alkanes of at least 4 members (excludes halogenated alkanes) is 31. The molecule has 0 amide bonds. The molecule has 5 heteroatoms. The highest BCUT2D eigenvalue weighted by molar-refractivity contribution is 5.69. The standard InChI is InChI=1S/C45H86O5/c1-3-5-7-9-11-13-15-17-19-21-22-24-26-28-30-32-34-36-38-40-45(48)50-42-43(46)41-49-44(47)39-37-35-33-31-29-27-25-23-20-18-16-14-12-10-8-6-4-2/h17,19,43,46H,3-16,18,20-42H2,1-2H3/b19-17-/t43-/m1/s1. The Bertz CT molecular complexity index is 720. The van der Waals surface area contributed by atoms with Gasteiger partial charge in [0.1, 0.15) is 19.3 Å². The Kier molecular flexibility index (Phi) is 40.9. The van der Waals surface area contributed by atoms with Crippen molar-refractivity contribution in [1.82, 2.24) is 0 Å². The Labute approximate surface area is 311 Å². The van der Waals surface area contributed by atoms with Crippen molar-refractivity contribution in [2.24, 2.45) is 0 Å². The first-order valence-electron chi connectivity index (χ1n) is 22.2. The van der Waals surface area contributed by atoms with Crippen molar-refractivity contribution in [3.8, 4) is 0 Å². The Morgan fingerprint density at radius 2 is 0.640 bits per heavy atom. The molecule has 0 rings (SSSR count). The van der Waals surface area contributed by atoms with Gasteiger partial charge in [-0.2, -0.15) is 0 Å². The van der Waals surface area contributed by atoms with Crippen molar-refractivity contribution < 1.29 is 24.2 Å². The number of carbonyl (C=O) groups excluding carboxylic acids is 2. The van der Waals surface area contributed by atoms with Crippen LogP contribution in [0.4, 0.5) is 0 Å². The van der Waals surface area contributed by atoms with Crippen molar-refractivity contribution in [2.75, 3.05) is 13.2 Å². The van der Waals surface area contributed by atoms with Crippen LogP contribution in [0.3, 0.4) is 0 Å². The molecule has 0 aromatic heterocycles. The molecule has 0 aliphatic carbocycles. The molecule has 0 aromatic carbocycles. The average Bonchev–Trinajstić information content (AvgIpc) is 3.12. The van der Waals surface area contributed by atoms with Gasteiger partial charge in [0.2, 0.25) is 0 Å². The van der Waals surface area contributed by atoms with Gasteiger partial charge in [0.25, 0.3) is 0 Å². The highest BCUT2D eigenvalue weighted by atomic mass is 16.6. The zero-order valence-corrected chi connectivity index (χ0v) is 33.7. The van der Waals surface area contributed by atoms with Gasteiger partial charge in [0.05, 0.1) is 0 Å². The van der Waals surface area contributed by atoms with Gasteiger partial charge in [-0.3, -0.25) is 9.59 Å². The molecule has 0 fully saturated rings. The summed E-state index contributed by atoms with van der Waals surface area (Å²) in [5.41, 5.74) is 0. The lowest BCUT2D eigenvalue weighted by molar-refractivity contribution is -0.152. The molecular formula is C45H86O5. The maximum atomic E-state index is 12.0. The van der Waals surface area contributed by atoms with Gasteiger partial charge in [-0.25, -0.2) is 0 Å². The van der Waals surface area contributed by atoms with Gasteiger partial charge in [-0.05, 0) is 38.5 Å². The lowest BCUT2D eigenvalue weighted by atomic mass is 10.0. The van der Waals surface area contributed by atoms with Crippen LogP contribution >= 0.6 is 0 Å². The first kappa shape index (κ1) is 48.6. The van der Waals surface area contributed by atoms with Gasteiger partial charge < -0.3 is 14.6 Å². The van der Waals surface area contributed by atoms with E-state index in [0.29, 0.717) is 12.8 Å². The third-order valence-corrected chi connectivity index (χ3v) is 10.0. The van der Waals surface area contributed by atoms with Crippen LogP contribution in [-0.2, 0) is 19.1 Å². The molecule has 0 aliphatic rings. The number of esters is 2. The summed E-state index contributed by atoms with van der Waals surface area (Å²) in [5.74, 6) is -0.553. The van der Waals surface area contributed by atoms with Crippen molar-refractivity contribution in [3.05, 3.63) is 12.2 Å². The van der Waals surface area contributed by atoms with E-state index < -0.39 is 6.10 Å². The summed E-state index contributed by atoms with van der Waals surface area (Å²) in [6.45, 7) is 4.33. The summed E-state index contributed by atoms with van der Waals surface area (Å²) in [4.78, 5) is 24.0. The van der Waals surface area contributed by atoms with Crippen molar-refractivity contribution >= 4 is 11.9 Å². The molecule has 296 valence electrons. The van der Waals surface area contributed by atoms with E-state index in [1.165, 1.54) is 186 Å². The number of ether oxygens (including phenoxy) is 2. The van der Waals surface area contributed by atoms with Crippen LogP contribution in [0, 0.1) is 0 Å². The molecule has 0 saturated heterocycles. The summed E-state index contributed by atoms with van der Waals surface area (Å²) < 4.78 is 10.4. The van der Waals surface area contributed by atoms with E-state index in [9.17, 15) is 14.7 Å². The Morgan fingerprint density at radius 1 is 0.400 bits per heavy atom. The third-order valence-electron chi connectivity index (χ3n) is 10.0. The van der Waals surface area contributed by atoms with Crippen LogP contribution in [0.5, 0.6) is 0 Å². The molecular weight excluding hydrogens is 620 g/mol. The van der Waals surface area contributed by atoms with E-state index in [2.05, 4.69) is 26.0 Å². The molecule has 5 nitrogen and oxygen atoms in total. The summed E-state index contributed by atoms with van der Waals surface area (Å²) in [7, 11) is 0. The van der Waals surface area contributed by atoms with Gasteiger partial charge in [-0.1, -0.05) is 206 Å². The van der Waals surface area contributed by atoms with Crippen molar-refractivity contribution in [3.63, 3.8) is 0 Å². The number of carbonyl (C=O) groups is 2. The normalized spacial score (nSPS) is 12.1. The molecule has 0 radical (unpaired) electrons. The predicted molar refractivity (Wildman–Crippen MR) is 215 cm³/mol. The number of allylic oxidation sites excluding steroid dienone is 2. The van der Waals surface area contributed by atoms with E-state index in [-0.39, 0.29) is 25.2 Å². The van der Waals surface area contributed by atoms with Gasteiger partial charge >= 0.3 is 11.9 Å². The first-order chi connectivity index (χ1) is 24.6. The highest BCUT2D eigenvalue weighted by Crippen LogP contribution is 2.15. The van der Waals surface area contributed by atoms with E-state index >= 15 is 0 Å². The van der Waals surface area contributed by atoms with Crippen LogP contribution in [0.1, 0.15) is 245 Å². The number of aliphatic hydroxyl groups excluding tert-OH is 1. The quantitative estimate of drug-likeness (QED) is 0.0389. The fourth-order valence-electron chi connectivity index (χ4n) is 6.61. The second-order valence-corrected chi connectivity index (χ2v) is 15.2. The minimum absolute atomic E-state index is 0.110. The molecule has 0 bridgehead atoms. The fraction of sp³-hybridized carbons (Fsp3) is 0.911. The van der Waals surface area contributed by atoms with Crippen molar-refractivity contribution in [1.29, 1.82) is 0 Å². The zero-order valence-electron chi connectivity index (χ0n) is 33.7. The predicted octanol–water partition coefficient (Wildman–Crippen LogP) is 14.1. The van der Waals surface area contributed by atoms with E-state index in [4.69, 9.17) is 9.47 Å². The largest absolute Gasteiger partial charge is 0.463 e. The lowest BCUT2D eigenvalue weighted by Crippen LogP contribution is -2.25. The third kappa shape index (κ3) is 41.1. The van der Waals surface area contributed by atoms with Crippen LogP contribution in [0.2, 0.25) is 0 Å². The van der Waals surface area contributed by atoms with Crippen LogP contribution in [0.15, 0.2) is 12.2 Å². The van der Waals surface area contributed by atoms with E-state index in [1.54, 1.807) is 0 Å². The van der Waals surface area contributed by atoms with E-state index in [0.717, 1.165) is 32.1 Å². The monoisotopic (exact) mass is 707 g/mol. The Balaban J connectivity index is 3.38. The lowest BCUT2D eigenvalue weighted by Gasteiger charge is -2.12. The van der Waals surface area contributed by atoms with E-state index in [1.807, 2.05) is 0 Å². The van der Waals surface area contributed by atoms with Crippen LogP contribution < -0.4 is 0 Å². The molecule has 1 atom stereocenters. The maximum Gasteiger partial charge on any atom is 0.305 e. The molecule has 0 spiro atoms. The minimum atomic E-state index is -0.959. The molecule has 0 aromatic rings. The number of aliphatic hydroxyl groups is 1. The Morgan fingerprint density at radius 3 is 0.920 bits per heavy atom. The molecule has 0 aliphatic heterocycles. The molecule has 0 unspecified atom stereocenters. The number of hydrogen-bond donors (Lipinski definition) is 1. The maximum absolute atomic E-state index is 12.0. The van der Waals surface area contributed by atoms with Crippen LogP contribution in [-0.4, -0.2) is 36.4 Å². The number of hydrogen-bond acceptors (Lipinski definition) is 5. The van der Waals surface area contributed by atoms with Crippen LogP contribution in [0.25, 0.3) is 0 Å². The SMILES string of the molecule is CCCCCCCC/C=C\CCCCCCCCCCCC(=O)OC[C@H](O)COC(=O)CCCCCCCCCCCCCCCCCCC. The van der Waals surface area contributed by atoms with Gasteiger partial charge in [-0.15, -0.1) is 0 Å². The minimum Gasteiger partial charge on any atom is -0.463 e. The molecule has 1 N–H and O–H groups in total. The second kappa shape index (κ2) is 42.1. The molecule has 0 heterocycles. The zero-order chi connectivity index (χ0) is 36.4. The Hall–Kier alpha value is -1.36. The summed E-state index contributed by atoms with van der Waals surface area (Å²) in [6, 6.07) is 0.